The van der Waals surface area contributed by atoms with Crippen LogP contribution in [0.2, 0.25) is 0 Å². The van der Waals surface area contributed by atoms with E-state index in [1.54, 1.807) is 0 Å². The van der Waals surface area contributed by atoms with Crippen LogP contribution in [0.4, 0.5) is 5.69 Å². The first-order chi connectivity index (χ1) is 8.90. The largest absolute Gasteiger partial charge is 1.00 e. The molecule has 1 aliphatic heterocycles. The van der Waals surface area contributed by atoms with Crippen molar-refractivity contribution in [2.45, 2.75) is 4.90 Å². The number of para-hydroxylation sites is 1. The van der Waals surface area contributed by atoms with E-state index < -0.39 is 0 Å². The first-order valence-corrected chi connectivity index (χ1v) is 8.84. The minimum Gasteiger partial charge on any atom is -1.00 e. The van der Waals surface area contributed by atoms with Crippen LogP contribution >= 0.6 is 34.4 Å². The molecule has 1 atom stereocenters. The summed E-state index contributed by atoms with van der Waals surface area (Å²) in [5.74, 6) is 0.625. The van der Waals surface area contributed by atoms with E-state index in [0.717, 1.165) is 4.48 Å². The standard InChI is InChI=1S/C15H22IN2S.HI/c1-17-13-7-5-6-8-14(13)19-15(17)9-12(10-16)11-18(2,3)4;/h5-9,12H,10-11H2,1-4H3;1H/q+1;/p-1/b15-9-;. The predicted molar refractivity (Wildman–Crippen MR) is 94.1 cm³/mol. The van der Waals surface area contributed by atoms with Crippen LogP contribution in [-0.2, 0) is 0 Å². The summed E-state index contributed by atoms with van der Waals surface area (Å²) in [5, 5.41) is 1.37. The Hall–Kier alpha value is 0.530. The number of benzene rings is 1. The Balaban J connectivity index is 0.00000200. The fourth-order valence-electron chi connectivity index (χ4n) is 2.32. The summed E-state index contributed by atoms with van der Waals surface area (Å²) < 4.78 is 2.18. The molecular weight excluding hydrogens is 494 g/mol. The maximum atomic E-state index is 2.50. The van der Waals surface area contributed by atoms with E-state index >= 15 is 0 Å². The molecule has 1 aromatic carbocycles. The molecule has 20 heavy (non-hydrogen) atoms. The Labute approximate surface area is 157 Å². The molecule has 0 aromatic heterocycles. The average Bonchev–Trinajstić information content (AvgIpc) is 2.64. The van der Waals surface area contributed by atoms with Crippen molar-refractivity contribution in [2.75, 3.05) is 44.1 Å². The lowest BCUT2D eigenvalue weighted by molar-refractivity contribution is -0.872. The molecule has 112 valence electrons. The quantitative estimate of drug-likeness (QED) is 0.332. The third kappa shape index (κ3) is 4.78. The topological polar surface area (TPSA) is 3.24 Å². The third-order valence-electron chi connectivity index (χ3n) is 3.13. The second-order valence-electron chi connectivity index (χ2n) is 6.02. The first-order valence-electron chi connectivity index (χ1n) is 6.49. The van der Waals surface area contributed by atoms with Crippen LogP contribution in [0.1, 0.15) is 0 Å². The van der Waals surface area contributed by atoms with Crippen LogP contribution in [0.25, 0.3) is 0 Å². The van der Waals surface area contributed by atoms with E-state index in [0.29, 0.717) is 5.92 Å². The van der Waals surface area contributed by atoms with Crippen LogP contribution in [0.5, 0.6) is 0 Å². The van der Waals surface area contributed by atoms with Gasteiger partial charge in [0.1, 0.15) is 0 Å². The number of rotatable bonds is 4. The van der Waals surface area contributed by atoms with Gasteiger partial charge in [-0.15, -0.1) is 0 Å². The summed E-state index contributed by atoms with van der Waals surface area (Å²) in [6, 6.07) is 8.63. The number of fused-ring (bicyclic) bond motifs is 1. The zero-order valence-corrected chi connectivity index (χ0v) is 17.6. The molecule has 0 aliphatic carbocycles. The second kappa shape index (κ2) is 7.69. The van der Waals surface area contributed by atoms with Gasteiger partial charge in [0.15, 0.2) is 0 Å². The van der Waals surface area contributed by atoms with Gasteiger partial charge in [0.2, 0.25) is 0 Å². The molecule has 0 N–H and O–H groups in total. The maximum absolute atomic E-state index is 2.50. The third-order valence-corrected chi connectivity index (χ3v) is 5.45. The highest BCUT2D eigenvalue weighted by molar-refractivity contribution is 14.1. The van der Waals surface area contributed by atoms with Gasteiger partial charge in [-0.25, -0.2) is 0 Å². The van der Waals surface area contributed by atoms with Crippen molar-refractivity contribution in [1.29, 1.82) is 0 Å². The van der Waals surface area contributed by atoms with Crippen LogP contribution < -0.4 is 28.9 Å². The number of alkyl halides is 1. The minimum atomic E-state index is 0. The van der Waals surface area contributed by atoms with Crippen molar-refractivity contribution >= 4 is 40.0 Å². The van der Waals surface area contributed by atoms with Gasteiger partial charge in [0.25, 0.3) is 0 Å². The van der Waals surface area contributed by atoms with Gasteiger partial charge in [0, 0.05) is 22.3 Å². The number of hydrogen-bond acceptors (Lipinski definition) is 2. The molecule has 0 saturated heterocycles. The van der Waals surface area contributed by atoms with Crippen molar-refractivity contribution in [3.05, 3.63) is 35.4 Å². The maximum Gasteiger partial charge on any atom is 0.0852 e. The zero-order valence-electron chi connectivity index (χ0n) is 12.4. The molecule has 0 spiro atoms. The van der Waals surface area contributed by atoms with Crippen molar-refractivity contribution in [3.8, 4) is 0 Å². The second-order valence-corrected chi connectivity index (χ2v) is 7.96. The SMILES string of the molecule is CN1/C(=C/C(CI)C[N+](C)(C)C)Sc2ccccc21.[I-]. The normalized spacial score (nSPS) is 17.9. The zero-order chi connectivity index (χ0) is 14.0. The summed E-state index contributed by atoms with van der Waals surface area (Å²) in [6.07, 6.45) is 2.45. The predicted octanol–water partition coefficient (Wildman–Crippen LogP) is 0.831. The Bertz CT molecular complexity index is 483. The van der Waals surface area contributed by atoms with Gasteiger partial charge < -0.3 is 33.4 Å². The van der Waals surface area contributed by atoms with E-state index in [1.807, 2.05) is 11.8 Å². The molecule has 5 heteroatoms. The summed E-state index contributed by atoms with van der Waals surface area (Å²) in [4.78, 5) is 3.68. The molecule has 1 unspecified atom stereocenters. The Morgan fingerprint density at radius 3 is 2.50 bits per heavy atom. The fraction of sp³-hybridized carbons (Fsp3) is 0.467. The van der Waals surface area contributed by atoms with Gasteiger partial charge >= 0.3 is 0 Å². The van der Waals surface area contributed by atoms with E-state index in [2.05, 4.69) is 86.0 Å². The molecule has 1 aliphatic rings. The number of anilines is 1. The van der Waals surface area contributed by atoms with E-state index in [1.165, 1.54) is 26.6 Å². The van der Waals surface area contributed by atoms with Gasteiger partial charge in [-0.3, -0.25) is 0 Å². The Morgan fingerprint density at radius 2 is 1.95 bits per heavy atom. The lowest BCUT2D eigenvalue weighted by atomic mass is 10.1. The van der Waals surface area contributed by atoms with Crippen LogP contribution in [-0.4, -0.2) is 43.6 Å². The van der Waals surface area contributed by atoms with Gasteiger partial charge in [0.05, 0.1) is 38.4 Å². The molecule has 2 rings (SSSR count). The molecule has 0 saturated carbocycles. The Morgan fingerprint density at radius 1 is 1.30 bits per heavy atom. The fourth-order valence-corrected chi connectivity index (χ4v) is 4.03. The van der Waals surface area contributed by atoms with Gasteiger partial charge in [-0.1, -0.05) is 46.5 Å². The monoisotopic (exact) mass is 516 g/mol. The average molecular weight is 516 g/mol. The number of hydrogen-bond donors (Lipinski definition) is 0. The molecule has 1 aromatic rings. The number of quaternary nitrogens is 1. The van der Waals surface area contributed by atoms with E-state index in [-0.39, 0.29) is 24.0 Å². The van der Waals surface area contributed by atoms with Crippen LogP contribution in [0, 0.1) is 5.92 Å². The van der Waals surface area contributed by atoms with E-state index in [9.17, 15) is 0 Å². The van der Waals surface area contributed by atoms with Gasteiger partial charge in [-0.2, -0.15) is 0 Å². The number of halogens is 2. The molecular formula is C15H22I2N2S. The lowest BCUT2D eigenvalue weighted by Crippen LogP contribution is -3.00. The molecule has 0 amide bonds. The lowest BCUT2D eigenvalue weighted by Gasteiger charge is -2.27. The molecule has 0 fully saturated rings. The molecule has 1 heterocycles. The highest BCUT2D eigenvalue weighted by Crippen LogP contribution is 2.45. The first kappa shape index (κ1) is 18.6. The van der Waals surface area contributed by atoms with Crippen molar-refractivity contribution in [2.24, 2.45) is 5.92 Å². The van der Waals surface area contributed by atoms with Crippen LogP contribution in [0.3, 0.4) is 0 Å². The highest BCUT2D eigenvalue weighted by Gasteiger charge is 2.24. The number of nitrogens with zero attached hydrogens (tertiary/aromatic N) is 2. The van der Waals surface area contributed by atoms with Crippen molar-refractivity contribution < 1.29 is 28.5 Å². The van der Waals surface area contributed by atoms with Crippen LogP contribution in [0.15, 0.2) is 40.3 Å². The van der Waals surface area contributed by atoms with Crippen molar-refractivity contribution in [3.63, 3.8) is 0 Å². The highest BCUT2D eigenvalue weighted by atomic mass is 127. The summed E-state index contributed by atoms with van der Waals surface area (Å²) >= 11 is 4.39. The minimum absolute atomic E-state index is 0. The van der Waals surface area contributed by atoms with Crippen molar-refractivity contribution in [1.82, 2.24) is 0 Å². The summed E-state index contributed by atoms with van der Waals surface area (Å²) in [7, 11) is 8.95. The number of thioether (sulfide) groups is 1. The molecule has 2 nitrogen and oxygen atoms in total. The molecule has 0 radical (unpaired) electrons. The van der Waals surface area contributed by atoms with E-state index in [4.69, 9.17) is 0 Å². The smallest absolute Gasteiger partial charge is 0.0852 e. The summed E-state index contributed by atoms with van der Waals surface area (Å²) in [5.41, 5.74) is 1.33. The molecule has 0 bridgehead atoms. The Kier molecular flexibility index (Phi) is 7.14. The van der Waals surface area contributed by atoms with Gasteiger partial charge in [-0.05, 0) is 18.2 Å². The summed E-state index contributed by atoms with van der Waals surface area (Å²) in [6.45, 7) is 1.18.